The Balaban J connectivity index is 2.46. The lowest BCUT2D eigenvalue weighted by Crippen LogP contribution is -2.43. The van der Waals surface area contributed by atoms with E-state index in [0.29, 0.717) is 0 Å². The van der Waals surface area contributed by atoms with E-state index in [9.17, 15) is 35.7 Å². The van der Waals surface area contributed by atoms with Crippen molar-refractivity contribution < 1.29 is 50.0 Å². The molecule has 14 heteroatoms. The molecule has 1 aliphatic rings. The topological polar surface area (TPSA) is 95.9 Å². The van der Waals surface area contributed by atoms with Gasteiger partial charge in [-0.05, 0) is 30.4 Å². The van der Waals surface area contributed by atoms with Crippen molar-refractivity contribution in [3.05, 3.63) is 52.6 Å². The van der Waals surface area contributed by atoms with E-state index in [0.717, 1.165) is 18.2 Å². The maximum absolute atomic E-state index is 12.9. The van der Waals surface area contributed by atoms with Gasteiger partial charge in [0, 0.05) is 17.1 Å². The number of anilines is 1. The average molecular weight is 466 g/mol. The molecule has 0 saturated carbocycles. The minimum absolute atomic E-state index is 0.0705. The Bertz CT molecular complexity index is 891. The number of carbonyl (C=O) groups excluding carboxylic acids is 1. The van der Waals surface area contributed by atoms with Crippen molar-refractivity contribution in [3.63, 3.8) is 0 Å². The van der Waals surface area contributed by atoms with Crippen LogP contribution in [0.15, 0.2) is 41.5 Å². The van der Waals surface area contributed by atoms with Gasteiger partial charge in [-0.2, -0.15) is 26.3 Å². The fourth-order valence-electron chi connectivity index (χ4n) is 2.35. The zero-order chi connectivity index (χ0) is 22.3. The normalized spacial score (nSPS) is 20.4. The first-order chi connectivity index (χ1) is 13.0. The van der Waals surface area contributed by atoms with Crippen LogP contribution in [0.1, 0.15) is 17.5 Å². The number of rotatable bonds is 4. The van der Waals surface area contributed by atoms with Gasteiger partial charge < -0.3 is 15.1 Å². The summed E-state index contributed by atoms with van der Waals surface area (Å²) >= 11 is 5.66. The van der Waals surface area contributed by atoms with Gasteiger partial charge >= 0.3 is 20.2 Å². The first kappa shape index (κ1) is 23.4. The molecule has 1 unspecified atom stereocenters. The van der Waals surface area contributed by atoms with Gasteiger partial charge in [-0.25, -0.2) is 4.57 Å². The maximum Gasteiger partial charge on any atom is 0.470 e. The van der Waals surface area contributed by atoms with Crippen molar-refractivity contribution in [1.29, 1.82) is 0 Å². The molecule has 29 heavy (non-hydrogen) atoms. The predicted molar refractivity (Wildman–Crippen MR) is 88.6 cm³/mol. The summed E-state index contributed by atoms with van der Waals surface area (Å²) in [5.41, 5.74) is -6.69. The standard InChI is InChI=1S/C15H11ClF6NO5P/c16-10-1-3-13(4-2-10,28-29(25,26)27)12(24)23-11-6-8(14(17,18)19)5-9(7-11)15(20,21)22/h1-3,5-7H,4H2,(H,23,24)(H2,25,26,27). The first-order valence-electron chi connectivity index (χ1n) is 7.44. The zero-order valence-corrected chi connectivity index (χ0v) is 15.5. The molecule has 0 heterocycles. The summed E-state index contributed by atoms with van der Waals surface area (Å²) in [6, 6.07) is 0.349. The summed E-state index contributed by atoms with van der Waals surface area (Å²) in [5.74, 6) is -1.41. The molecule has 1 atom stereocenters. The Morgan fingerprint density at radius 3 is 2.00 bits per heavy atom. The van der Waals surface area contributed by atoms with Gasteiger partial charge in [0.1, 0.15) is 0 Å². The molecule has 160 valence electrons. The molecule has 0 aliphatic heterocycles. The van der Waals surface area contributed by atoms with E-state index in [1.807, 2.05) is 0 Å². The van der Waals surface area contributed by atoms with Crippen LogP contribution in [0.25, 0.3) is 0 Å². The van der Waals surface area contributed by atoms with Crippen molar-refractivity contribution in [2.24, 2.45) is 0 Å². The Morgan fingerprint density at radius 1 is 1.10 bits per heavy atom. The van der Waals surface area contributed by atoms with Crippen LogP contribution < -0.4 is 5.32 Å². The third-order valence-electron chi connectivity index (χ3n) is 3.62. The lowest BCUT2D eigenvalue weighted by molar-refractivity contribution is -0.143. The molecule has 0 radical (unpaired) electrons. The largest absolute Gasteiger partial charge is 0.470 e. The van der Waals surface area contributed by atoms with Crippen LogP contribution in [0.3, 0.4) is 0 Å². The Hall–Kier alpha value is -1.85. The minimum Gasteiger partial charge on any atom is -0.323 e. The molecular formula is C15H11ClF6NO5P. The molecule has 6 nitrogen and oxygen atoms in total. The van der Waals surface area contributed by atoms with Crippen LogP contribution in [0.5, 0.6) is 0 Å². The summed E-state index contributed by atoms with van der Waals surface area (Å²) in [5, 5.41) is 1.85. The number of alkyl halides is 6. The maximum atomic E-state index is 12.9. The molecular weight excluding hydrogens is 455 g/mol. The number of hydrogen-bond acceptors (Lipinski definition) is 3. The molecule has 0 aromatic heterocycles. The number of halogens is 7. The lowest BCUT2D eigenvalue weighted by Gasteiger charge is -2.30. The van der Waals surface area contributed by atoms with Gasteiger partial charge in [0.25, 0.3) is 5.91 Å². The number of phosphoric ester groups is 1. The van der Waals surface area contributed by atoms with Gasteiger partial charge in [0.2, 0.25) is 0 Å². The Morgan fingerprint density at radius 2 is 1.62 bits per heavy atom. The number of allylic oxidation sites excluding steroid dienone is 2. The molecule has 0 saturated heterocycles. The van der Waals surface area contributed by atoms with Gasteiger partial charge in [0.15, 0.2) is 5.60 Å². The van der Waals surface area contributed by atoms with Gasteiger partial charge in [0.05, 0.1) is 11.1 Å². The van der Waals surface area contributed by atoms with Crippen LogP contribution in [-0.2, 0) is 26.2 Å². The summed E-state index contributed by atoms with van der Waals surface area (Å²) in [6.07, 6.45) is -7.84. The van der Waals surface area contributed by atoms with Crippen LogP contribution in [-0.4, -0.2) is 21.3 Å². The molecule has 2 rings (SSSR count). The fraction of sp³-hybridized carbons (Fsp3) is 0.267. The highest BCUT2D eigenvalue weighted by atomic mass is 35.5. The van der Waals surface area contributed by atoms with Crippen LogP contribution in [0, 0.1) is 0 Å². The van der Waals surface area contributed by atoms with Crippen molar-refractivity contribution in [2.75, 3.05) is 5.32 Å². The second kappa shape index (κ2) is 7.77. The number of phosphoric acid groups is 1. The van der Waals surface area contributed by atoms with E-state index in [-0.39, 0.29) is 23.2 Å². The van der Waals surface area contributed by atoms with Crippen molar-refractivity contribution in [2.45, 2.75) is 24.4 Å². The Kier molecular flexibility index (Phi) is 6.27. The number of nitrogens with one attached hydrogen (secondary N) is 1. The lowest BCUT2D eigenvalue weighted by atomic mass is 9.94. The summed E-state index contributed by atoms with van der Waals surface area (Å²) in [7, 11) is -5.29. The first-order valence-corrected chi connectivity index (χ1v) is 9.35. The molecule has 0 spiro atoms. The number of benzene rings is 1. The SMILES string of the molecule is O=C(Nc1cc(C(F)(F)F)cc(C(F)(F)F)c1)C1(OP(=O)(O)O)C=CC(Cl)=CC1. The predicted octanol–water partition coefficient (Wildman–Crippen LogP) is 4.59. The quantitative estimate of drug-likeness (QED) is 0.446. The van der Waals surface area contributed by atoms with Crippen molar-refractivity contribution in [1.82, 2.24) is 0 Å². The Labute approximate surface area is 164 Å². The molecule has 1 aromatic rings. The second-order valence-electron chi connectivity index (χ2n) is 5.85. The third kappa shape index (κ3) is 6.06. The third-order valence-corrected chi connectivity index (χ3v) is 4.47. The summed E-state index contributed by atoms with van der Waals surface area (Å²) in [6.45, 7) is 0. The van der Waals surface area contributed by atoms with Gasteiger partial charge in [-0.15, -0.1) is 0 Å². The van der Waals surface area contributed by atoms with Gasteiger partial charge in [-0.1, -0.05) is 17.7 Å². The molecule has 1 aromatic carbocycles. The van der Waals surface area contributed by atoms with Crippen molar-refractivity contribution in [3.8, 4) is 0 Å². The highest BCUT2D eigenvalue weighted by Crippen LogP contribution is 2.45. The number of hydrogen-bond donors (Lipinski definition) is 3. The average Bonchev–Trinajstić information content (AvgIpc) is 2.54. The number of carbonyl (C=O) groups is 1. The molecule has 0 bridgehead atoms. The van der Waals surface area contributed by atoms with E-state index in [1.165, 1.54) is 0 Å². The molecule has 1 aliphatic carbocycles. The fourth-order valence-corrected chi connectivity index (χ4v) is 3.14. The van der Waals surface area contributed by atoms with Crippen molar-refractivity contribution >= 4 is 31.0 Å². The highest BCUT2D eigenvalue weighted by Gasteiger charge is 2.44. The summed E-state index contributed by atoms with van der Waals surface area (Å²) in [4.78, 5) is 30.6. The van der Waals surface area contributed by atoms with E-state index < -0.39 is 54.9 Å². The van der Waals surface area contributed by atoms with Crippen LogP contribution >= 0.6 is 19.4 Å². The van der Waals surface area contributed by atoms with E-state index >= 15 is 0 Å². The van der Waals surface area contributed by atoms with E-state index in [4.69, 9.17) is 21.4 Å². The number of amides is 1. The van der Waals surface area contributed by atoms with Crippen LogP contribution in [0.2, 0.25) is 0 Å². The second-order valence-corrected chi connectivity index (χ2v) is 7.45. The summed E-state index contributed by atoms with van der Waals surface area (Å²) < 4.78 is 93.3. The molecule has 3 N–H and O–H groups in total. The highest BCUT2D eigenvalue weighted by molar-refractivity contribution is 7.46. The monoisotopic (exact) mass is 465 g/mol. The zero-order valence-electron chi connectivity index (χ0n) is 13.9. The smallest absolute Gasteiger partial charge is 0.323 e. The van der Waals surface area contributed by atoms with Crippen LogP contribution in [0.4, 0.5) is 32.0 Å². The van der Waals surface area contributed by atoms with Gasteiger partial charge in [-0.3, -0.25) is 9.32 Å². The molecule has 0 fully saturated rings. The minimum atomic E-state index is -5.29. The molecule has 1 amide bonds. The van der Waals surface area contributed by atoms with E-state index in [2.05, 4.69) is 4.52 Å². The van der Waals surface area contributed by atoms with E-state index in [1.54, 1.807) is 5.32 Å².